The average molecular weight is 269 g/mol. The van der Waals surface area contributed by atoms with Crippen molar-refractivity contribution < 1.29 is 9.53 Å². The highest BCUT2D eigenvalue weighted by Gasteiger charge is 2.24. The summed E-state index contributed by atoms with van der Waals surface area (Å²) in [6.07, 6.45) is -0.379. The number of carbonyl (C=O) groups is 1. The van der Waals surface area contributed by atoms with E-state index in [1.54, 1.807) is 11.3 Å². The van der Waals surface area contributed by atoms with Crippen LogP contribution >= 0.6 is 11.3 Å². The topological polar surface area (TPSA) is 63.2 Å². The first-order chi connectivity index (χ1) is 8.58. The first kappa shape index (κ1) is 13.5. The number of amides is 1. The monoisotopic (exact) mass is 269 g/mol. The molecule has 0 bridgehead atoms. The van der Waals surface area contributed by atoms with E-state index < -0.39 is 0 Å². The molecule has 2 heterocycles. The molecule has 0 radical (unpaired) electrons. The Morgan fingerprint density at radius 3 is 2.94 bits per heavy atom. The molecule has 1 aromatic heterocycles. The molecular weight excluding hydrogens is 250 g/mol. The molecule has 0 aliphatic carbocycles. The lowest BCUT2D eigenvalue weighted by molar-refractivity contribution is -0.134. The van der Waals surface area contributed by atoms with Crippen molar-refractivity contribution in [2.75, 3.05) is 19.7 Å². The molecule has 5 nitrogen and oxygen atoms in total. The Labute approximate surface area is 111 Å². The second-order valence-electron chi connectivity index (χ2n) is 4.48. The lowest BCUT2D eigenvalue weighted by atomic mass is 10.2. The van der Waals surface area contributed by atoms with E-state index in [0.29, 0.717) is 13.2 Å². The zero-order valence-corrected chi connectivity index (χ0v) is 11.8. The number of hydrogen-bond donors (Lipinski definition) is 2. The summed E-state index contributed by atoms with van der Waals surface area (Å²) in [7, 11) is 0. The number of aryl methyl sites for hydroxylation is 2. The summed E-state index contributed by atoms with van der Waals surface area (Å²) in [5.41, 5.74) is 0.994. The summed E-state index contributed by atoms with van der Waals surface area (Å²) < 4.78 is 5.43. The molecule has 2 atom stereocenters. The Kier molecular flexibility index (Phi) is 4.31. The molecule has 18 heavy (non-hydrogen) atoms. The van der Waals surface area contributed by atoms with Crippen LogP contribution in [0, 0.1) is 13.8 Å². The number of nitrogens with zero attached hydrogens (tertiary/aromatic N) is 1. The van der Waals surface area contributed by atoms with Crippen molar-refractivity contribution in [3.8, 4) is 0 Å². The third-order valence-corrected chi connectivity index (χ3v) is 4.17. The van der Waals surface area contributed by atoms with Gasteiger partial charge in [0.25, 0.3) is 5.91 Å². The van der Waals surface area contributed by atoms with Gasteiger partial charge in [-0.3, -0.25) is 4.79 Å². The highest BCUT2D eigenvalue weighted by molar-refractivity contribution is 7.11. The average Bonchev–Trinajstić information content (AvgIpc) is 2.69. The molecule has 2 unspecified atom stereocenters. The molecule has 0 aromatic carbocycles. The number of rotatable bonds is 3. The van der Waals surface area contributed by atoms with Gasteiger partial charge >= 0.3 is 0 Å². The van der Waals surface area contributed by atoms with E-state index in [9.17, 15) is 4.79 Å². The standard InChI is InChI=1S/C12H19N3O2S/c1-7-11(18-9(3)14-7)8(2)15-12(16)10-6-13-4-5-17-10/h8,10,13H,4-6H2,1-3H3,(H,15,16). The van der Waals surface area contributed by atoms with Gasteiger partial charge in [-0.05, 0) is 20.8 Å². The molecule has 2 N–H and O–H groups in total. The van der Waals surface area contributed by atoms with E-state index in [-0.39, 0.29) is 18.1 Å². The molecule has 1 aliphatic heterocycles. The van der Waals surface area contributed by atoms with Crippen LogP contribution in [0.15, 0.2) is 0 Å². The van der Waals surface area contributed by atoms with Gasteiger partial charge in [0, 0.05) is 18.0 Å². The van der Waals surface area contributed by atoms with Gasteiger partial charge in [-0.1, -0.05) is 0 Å². The molecule has 2 rings (SSSR count). The maximum absolute atomic E-state index is 12.0. The van der Waals surface area contributed by atoms with Gasteiger partial charge in [-0.15, -0.1) is 11.3 Å². The third-order valence-electron chi connectivity index (χ3n) is 2.91. The summed E-state index contributed by atoms with van der Waals surface area (Å²) in [5.74, 6) is -0.0554. The van der Waals surface area contributed by atoms with Crippen molar-refractivity contribution >= 4 is 17.2 Å². The molecule has 1 saturated heterocycles. The molecule has 1 aromatic rings. The fourth-order valence-corrected chi connectivity index (χ4v) is 2.98. The van der Waals surface area contributed by atoms with Crippen LogP contribution in [0.1, 0.15) is 28.5 Å². The number of hydrogen-bond acceptors (Lipinski definition) is 5. The number of morpholine rings is 1. The summed E-state index contributed by atoms with van der Waals surface area (Å²) >= 11 is 1.63. The summed E-state index contributed by atoms with van der Waals surface area (Å²) in [6.45, 7) is 7.91. The van der Waals surface area contributed by atoms with Crippen LogP contribution in [-0.4, -0.2) is 36.7 Å². The van der Waals surface area contributed by atoms with Gasteiger partial charge in [0.2, 0.25) is 0 Å². The smallest absolute Gasteiger partial charge is 0.250 e. The van der Waals surface area contributed by atoms with Crippen molar-refractivity contribution in [1.29, 1.82) is 0 Å². The molecular formula is C12H19N3O2S. The molecule has 0 spiro atoms. The van der Waals surface area contributed by atoms with Crippen LogP contribution < -0.4 is 10.6 Å². The maximum Gasteiger partial charge on any atom is 0.250 e. The molecule has 1 aliphatic rings. The van der Waals surface area contributed by atoms with Gasteiger partial charge < -0.3 is 15.4 Å². The van der Waals surface area contributed by atoms with E-state index in [1.165, 1.54) is 0 Å². The second kappa shape index (κ2) is 5.77. The molecule has 1 amide bonds. The maximum atomic E-state index is 12.0. The Hall–Kier alpha value is -0.980. The number of carbonyl (C=O) groups excluding carboxylic acids is 1. The van der Waals surface area contributed by atoms with Crippen molar-refractivity contribution in [2.45, 2.75) is 32.9 Å². The van der Waals surface area contributed by atoms with Crippen molar-refractivity contribution in [3.05, 3.63) is 15.6 Å². The lowest BCUT2D eigenvalue weighted by Gasteiger charge is -2.24. The van der Waals surface area contributed by atoms with E-state index in [2.05, 4.69) is 15.6 Å². The molecule has 0 saturated carbocycles. The van der Waals surface area contributed by atoms with E-state index >= 15 is 0 Å². The minimum Gasteiger partial charge on any atom is -0.366 e. The van der Waals surface area contributed by atoms with E-state index in [4.69, 9.17) is 4.74 Å². The number of ether oxygens (including phenoxy) is 1. The highest BCUT2D eigenvalue weighted by Crippen LogP contribution is 2.24. The van der Waals surface area contributed by atoms with Crippen molar-refractivity contribution in [1.82, 2.24) is 15.6 Å². The zero-order chi connectivity index (χ0) is 13.1. The SMILES string of the molecule is Cc1nc(C)c(C(C)NC(=O)C2CNCCO2)s1. The van der Waals surface area contributed by atoms with Crippen LogP contribution in [0.4, 0.5) is 0 Å². The minimum absolute atomic E-state index is 0.0192. The second-order valence-corrected chi connectivity index (χ2v) is 5.71. The number of aromatic nitrogens is 1. The van der Waals surface area contributed by atoms with Crippen LogP contribution in [0.2, 0.25) is 0 Å². The van der Waals surface area contributed by atoms with Crippen LogP contribution in [0.25, 0.3) is 0 Å². The van der Waals surface area contributed by atoms with Crippen molar-refractivity contribution in [2.24, 2.45) is 0 Å². The normalized spacial score (nSPS) is 21.6. The Morgan fingerprint density at radius 2 is 2.39 bits per heavy atom. The molecule has 100 valence electrons. The van der Waals surface area contributed by atoms with Gasteiger partial charge in [0.15, 0.2) is 0 Å². The predicted molar refractivity (Wildman–Crippen MR) is 70.8 cm³/mol. The number of nitrogens with one attached hydrogen (secondary N) is 2. The Balaban J connectivity index is 1.96. The lowest BCUT2D eigenvalue weighted by Crippen LogP contribution is -2.48. The molecule has 6 heteroatoms. The van der Waals surface area contributed by atoms with Gasteiger partial charge in [0.05, 0.1) is 23.4 Å². The largest absolute Gasteiger partial charge is 0.366 e. The highest BCUT2D eigenvalue weighted by atomic mass is 32.1. The Bertz CT molecular complexity index is 427. The summed E-state index contributed by atoms with van der Waals surface area (Å²) in [6, 6.07) is -0.0192. The Morgan fingerprint density at radius 1 is 1.61 bits per heavy atom. The fraction of sp³-hybridized carbons (Fsp3) is 0.667. The van der Waals surface area contributed by atoms with E-state index in [0.717, 1.165) is 22.1 Å². The van der Waals surface area contributed by atoms with Gasteiger partial charge in [-0.25, -0.2) is 4.98 Å². The van der Waals surface area contributed by atoms with E-state index in [1.807, 2.05) is 20.8 Å². The van der Waals surface area contributed by atoms with Crippen LogP contribution in [0.5, 0.6) is 0 Å². The molecule has 1 fully saturated rings. The third kappa shape index (κ3) is 3.07. The van der Waals surface area contributed by atoms with Gasteiger partial charge in [-0.2, -0.15) is 0 Å². The minimum atomic E-state index is -0.379. The zero-order valence-electron chi connectivity index (χ0n) is 10.9. The van der Waals surface area contributed by atoms with Crippen molar-refractivity contribution in [3.63, 3.8) is 0 Å². The predicted octanol–water partition coefficient (Wildman–Crippen LogP) is 0.926. The van der Waals surface area contributed by atoms with Crippen LogP contribution in [-0.2, 0) is 9.53 Å². The summed E-state index contributed by atoms with van der Waals surface area (Å²) in [5, 5.41) is 7.16. The summed E-state index contributed by atoms with van der Waals surface area (Å²) in [4.78, 5) is 17.5. The quantitative estimate of drug-likeness (QED) is 0.857. The number of thiazole rings is 1. The fourth-order valence-electron chi connectivity index (χ4n) is 2.05. The first-order valence-corrected chi connectivity index (χ1v) is 6.96. The first-order valence-electron chi connectivity index (χ1n) is 6.14. The van der Waals surface area contributed by atoms with Crippen LogP contribution in [0.3, 0.4) is 0 Å². The van der Waals surface area contributed by atoms with Gasteiger partial charge in [0.1, 0.15) is 6.10 Å².